The molecule has 0 aliphatic carbocycles. The van der Waals surface area contributed by atoms with Crippen molar-refractivity contribution in [3.8, 4) is 5.75 Å². The second kappa shape index (κ2) is 7.99. The molecule has 0 spiro atoms. The second-order valence-electron chi connectivity index (χ2n) is 4.54. The van der Waals surface area contributed by atoms with E-state index in [9.17, 15) is 0 Å². The fourth-order valence-corrected chi connectivity index (χ4v) is 1.91. The maximum atomic E-state index is 5.33. The first-order valence-electron chi connectivity index (χ1n) is 6.66. The number of unbranched alkanes of at least 4 members (excludes halogenated alkanes) is 4. The average Bonchev–Trinajstić information content (AvgIpc) is 2.34. The molecule has 1 aromatic carbocycles. The Morgan fingerprint density at radius 1 is 1.12 bits per heavy atom. The van der Waals surface area contributed by atoms with E-state index in [-0.39, 0.29) is 0 Å². The SMILES string of the molecule is CCCCCCCNc1cc(C)ccc1OC. The van der Waals surface area contributed by atoms with Crippen molar-refractivity contribution in [1.29, 1.82) is 0 Å². The van der Waals surface area contributed by atoms with Gasteiger partial charge < -0.3 is 10.1 Å². The highest BCUT2D eigenvalue weighted by Crippen LogP contribution is 2.25. The number of anilines is 1. The Balaban J connectivity index is 2.32. The largest absolute Gasteiger partial charge is 0.495 e. The van der Waals surface area contributed by atoms with Gasteiger partial charge in [0.25, 0.3) is 0 Å². The van der Waals surface area contributed by atoms with Gasteiger partial charge in [-0.3, -0.25) is 0 Å². The third-order valence-corrected chi connectivity index (χ3v) is 2.95. The second-order valence-corrected chi connectivity index (χ2v) is 4.54. The lowest BCUT2D eigenvalue weighted by Gasteiger charge is -2.11. The maximum absolute atomic E-state index is 5.33. The molecule has 0 aliphatic rings. The number of aryl methyl sites for hydroxylation is 1. The summed E-state index contributed by atoms with van der Waals surface area (Å²) in [7, 11) is 1.72. The third kappa shape index (κ3) is 5.12. The Hall–Kier alpha value is -1.18. The van der Waals surface area contributed by atoms with E-state index in [1.54, 1.807) is 7.11 Å². The molecule has 2 nitrogen and oxygen atoms in total. The Labute approximate surface area is 105 Å². The number of methoxy groups -OCH3 is 1. The van der Waals surface area contributed by atoms with E-state index in [1.807, 2.05) is 6.07 Å². The van der Waals surface area contributed by atoms with E-state index in [4.69, 9.17) is 4.74 Å². The molecule has 1 rings (SSSR count). The van der Waals surface area contributed by atoms with Crippen molar-refractivity contribution in [2.24, 2.45) is 0 Å². The summed E-state index contributed by atoms with van der Waals surface area (Å²) < 4.78 is 5.33. The first kappa shape index (κ1) is 13.9. The summed E-state index contributed by atoms with van der Waals surface area (Å²) in [5.74, 6) is 0.934. The molecule has 2 heteroatoms. The minimum Gasteiger partial charge on any atom is -0.495 e. The summed E-state index contributed by atoms with van der Waals surface area (Å²) in [5, 5.41) is 3.46. The fraction of sp³-hybridized carbons (Fsp3) is 0.600. The van der Waals surface area contributed by atoms with Gasteiger partial charge in [-0.2, -0.15) is 0 Å². The molecule has 0 radical (unpaired) electrons. The van der Waals surface area contributed by atoms with Gasteiger partial charge in [0.1, 0.15) is 5.75 Å². The molecule has 0 aliphatic heterocycles. The van der Waals surface area contributed by atoms with Crippen LogP contribution in [0, 0.1) is 6.92 Å². The van der Waals surface area contributed by atoms with Gasteiger partial charge in [-0.1, -0.05) is 38.7 Å². The van der Waals surface area contributed by atoms with Crippen LogP contribution in [0.15, 0.2) is 18.2 Å². The zero-order valence-corrected chi connectivity index (χ0v) is 11.4. The molecule has 0 amide bonds. The summed E-state index contributed by atoms with van der Waals surface area (Å²) in [5.41, 5.74) is 2.38. The van der Waals surface area contributed by atoms with Gasteiger partial charge in [0, 0.05) is 6.54 Å². The van der Waals surface area contributed by atoms with Gasteiger partial charge in [0.15, 0.2) is 0 Å². The van der Waals surface area contributed by atoms with E-state index in [1.165, 1.54) is 37.7 Å². The number of nitrogens with one attached hydrogen (secondary N) is 1. The van der Waals surface area contributed by atoms with Crippen molar-refractivity contribution >= 4 is 5.69 Å². The van der Waals surface area contributed by atoms with E-state index in [0.29, 0.717) is 0 Å². The van der Waals surface area contributed by atoms with Gasteiger partial charge >= 0.3 is 0 Å². The number of benzene rings is 1. The summed E-state index contributed by atoms with van der Waals surface area (Å²) in [4.78, 5) is 0. The Kier molecular flexibility index (Phi) is 6.53. The van der Waals surface area contributed by atoms with E-state index < -0.39 is 0 Å². The summed E-state index contributed by atoms with van der Waals surface area (Å²) in [6.45, 7) is 5.38. The molecule has 0 atom stereocenters. The normalized spacial score (nSPS) is 10.3. The molecule has 0 unspecified atom stereocenters. The highest BCUT2D eigenvalue weighted by atomic mass is 16.5. The monoisotopic (exact) mass is 235 g/mol. The van der Waals surface area contributed by atoms with Crippen molar-refractivity contribution < 1.29 is 4.74 Å². The van der Waals surface area contributed by atoms with Gasteiger partial charge in [-0.15, -0.1) is 0 Å². The van der Waals surface area contributed by atoms with Crippen LogP contribution in [-0.4, -0.2) is 13.7 Å². The number of hydrogen-bond acceptors (Lipinski definition) is 2. The Bertz CT molecular complexity index is 323. The summed E-state index contributed by atoms with van der Waals surface area (Å²) in [6.07, 6.45) is 6.56. The van der Waals surface area contributed by atoms with Crippen LogP contribution >= 0.6 is 0 Å². The van der Waals surface area contributed by atoms with Crippen molar-refractivity contribution in [1.82, 2.24) is 0 Å². The Morgan fingerprint density at radius 2 is 1.88 bits per heavy atom. The van der Waals surface area contributed by atoms with E-state index in [0.717, 1.165) is 18.0 Å². The maximum Gasteiger partial charge on any atom is 0.141 e. The highest BCUT2D eigenvalue weighted by molar-refractivity contribution is 5.57. The smallest absolute Gasteiger partial charge is 0.141 e. The van der Waals surface area contributed by atoms with Crippen LogP contribution in [0.4, 0.5) is 5.69 Å². The number of ether oxygens (including phenoxy) is 1. The van der Waals surface area contributed by atoms with E-state index in [2.05, 4.69) is 31.3 Å². The third-order valence-electron chi connectivity index (χ3n) is 2.95. The fourth-order valence-electron chi connectivity index (χ4n) is 1.91. The van der Waals surface area contributed by atoms with Gasteiger partial charge in [-0.05, 0) is 31.0 Å². The van der Waals surface area contributed by atoms with Crippen LogP contribution in [0.3, 0.4) is 0 Å². The number of rotatable bonds is 8. The first-order valence-corrected chi connectivity index (χ1v) is 6.66. The van der Waals surface area contributed by atoms with Crippen LogP contribution in [0.25, 0.3) is 0 Å². The molecule has 1 N–H and O–H groups in total. The standard InChI is InChI=1S/C15H25NO/c1-4-5-6-7-8-11-16-14-12-13(2)9-10-15(14)17-3/h9-10,12,16H,4-8,11H2,1-3H3. The van der Waals surface area contributed by atoms with Crippen molar-refractivity contribution in [2.75, 3.05) is 19.0 Å². The van der Waals surface area contributed by atoms with Crippen molar-refractivity contribution in [2.45, 2.75) is 46.0 Å². The van der Waals surface area contributed by atoms with Crippen LogP contribution in [0.5, 0.6) is 5.75 Å². The molecule has 0 heterocycles. The lowest BCUT2D eigenvalue weighted by molar-refractivity contribution is 0.416. The topological polar surface area (TPSA) is 21.3 Å². The molecule has 0 bridgehead atoms. The quantitative estimate of drug-likeness (QED) is 0.675. The molecule has 0 saturated carbocycles. The highest BCUT2D eigenvalue weighted by Gasteiger charge is 2.01. The molecule has 96 valence electrons. The van der Waals surface area contributed by atoms with Crippen LogP contribution in [-0.2, 0) is 0 Å². The lowest BCUT2D eigenvalue weighted by atomic mass is 10.1. The van der Waals surface area contributed by atoms with Crippen molar-refractivity contribution in [3.05, 3.63) is 23.8 Å². The van der Waals surface area contributed by atoms with E-state index >= 15 is 0 Å². The predicted molar refractivity (Wildman–Crippen MR) is 75.0 cm³/mol. The Morgan fingerprint density at radius 3 is 2.59 bits per heavy atom. The summed E-state index contributed by atoms with van der Waals surface area (Å²) >= 11 is 0. The van der Waals surface area contributed by atoms with Gasteiger partial charge in [0.05, 0.1) is 12.8 Å². The molecule has 17 heavy (non-hydrogen) atoms. The lowest BCUT2D eigenvalue weighted by Crippen LogP contribution is -2.03. The van der Waals surface area contributed by atoms with Crippen LogP contribution in [0.1, 0.15) is 44.6 Å². The molecule has 0 saturated heterocycles. The zero-order valence-electron chi connectivity index (χ0n) is 11.4. The molecular weight excluding hydrogens is 210 g/mol. The predicted octanol–water partition coefficient (Wildman–Crippen LogP) is 4.39. The van der Waals surface area contributed by atoms with Gasteiger partial charge in [-0.25, -0.2) is 0 Å². The summed E-state index contributed by atoms with van der Waals surface area (Å²) in [6, 6.07) is 6.24. The van der Waals surface area contributed by atoms with Crippen molar-refractivity contribution in [3.63, 3.8) is 0 Å². The molecular formula is C15H25NO. The average molecular weight is 235 g/mol. The first-order chi connectivity index (χ1) is 8.27. The minimum absolute atomic E-state index is 0.934. The number of hydrogen-bond donors (Lipinski definition) is 1. The molecule has 0 aromatic heterocycles. The van der Waals surface area contributed by atoms with Crippen LogP contribution < -0.4 is 10.1 Å². The minimum atomic E-state index is 0.934. The zero-order chi connectivity index (χ0) is 12.5. The molecule has 1 aromatic rings. The van der Waals surface area contributed by atoms with Crippen LogP contribution in [0.2, 0.25) is 0 Å². The molecule has 0 fully saturated rings. The van der Waals surface area contributed by atoms with Gasteiger partial charge in [0.2, 0.25) is 0 Å².